The third-order valence-corrected chi connectivity index (χ3v) is 10.4. The first-order valence-corrected chi connectivity index (χ1v) is 16.1. The van der Waals surface area contributed by atoms with E-state index in [1.807, 2.05) is 17.4 Å². The number of anilines is 3. The third-order valence-electron chi connectivity index (χ3n) is 9.20. The Morgan fingerprint density at radius 2 is 1.07 bits per heavy atom. The molecule has 0 saturated heterocycles. The molecule has 0 amide bonds. The Hall–Kier alpha value is -5.64. The second-order valence-corrected chi connectivity index (χ2v) is 12.8. The first-order valence-electron chi connectivity index (χ1n) is 15.3. The fourth-order valence-corrected chi connectivity index (χ4v) is 8.32. The van der Waals surface area contributed by atoms with Crippen LogP contribution in [-0.2, 0) is 0 Å². The summed E-state index contributed by atoms with van der Waals surface area (Å²) < 4.78 is 9.11. The van der Waals surface area contributed by atoms with Crippen molar-refractivity contribution in [2.45, 2.75) is 0 Å². The van der Waals surface area contributed by atoms with Crippen LogP contribution in [0.4, 0.5) is 17.1 Å². The molecule has 45 heavy (non-hydrogen) atoms. The lowest BCUT2D eigenvalue weighted by Crippen LogP contribution is -2.09. The summed E-state index contributed by atoms with van der Waals surface area (Å²) in [6, 6.07) is 54.8. The summed E-state index contributed by atoms with van der Waals surface area (Å²) in [6.45, 7) is 0. The molecule has 0 aliphatic rings. The van der Waals surface area contributed by atoms with E-state index in [0.717, 1.165) is 39.0 Å². The van der Waals surface area contributed by atoms with Crippen LogP contribution in [0.1, 0.15) is 0 Å². The van der Waals surface area contributed by atoms with Gasteiger partial charge in [0.2, 0.25) is 0 Å². The molecule has 0 bridgehead atoms. The Balaban J connectivity index is 1.24. The summed E-state index contributed by atoms with van der Waals surface area (Å²) >= 11 is 1.85. The van der Waals surface area contributed by atoms with Crippen molar-refractivity contribution in [3.8, 4) is 0 Å². The minimum absolute atomic E-state index is 0.925. The van der Waals surface area contributed by atoms with Crippen LogP contribution in [0.2, 0.25) is 0 Å². The zero-order valence-corrected chi connectivity index (χ0v) is 25.0. The molecule has 0 aliphatic heterocycles. The summed E-state index contributed by atoms with van der Waals surface area (Å²) in [5, 5.41) is 12.3. The number of hydrogen-bond acceptors (Lipinski definition) is 3. The van der Waals surface area contributed by atoms with E-state index in [4.69, 9.17) is 4.42 Å². The van der Waals surface area contributed by atoms with Crippen molar-refractivity contribution in [2.75, 3.05) is 4.90 Å². The lowest BCUT2D eigenvalue weighted by atomic mass is 9.92. The number of thiophene rings is 1. The molecule has 210 valence electrons. The van der Waals surface area contributed by atoms with E-state index >= 15 is 0 Å². The topological polar surface area (TPSA) is 16.4 Å². The van der Waals surface area contributed by atoms with E-state index < -0.39 is 0 Å². The number of fused-ring (bicyclic) bond motifs is 13. The minimum atomic E-state index is 0.925. The average Bonchev–Trinajstić information content (AvgIpc) is 3.68. The maximum absolute atomic E-state index is 6.48. The fourth-order valence-electron chi connectivity index (χ4n) is 7.23. The van der Waals surface area contributed by atoms with Crippen LogP contribution in [-0.4, -0.2) is 0 Å². The van der Waals surface area contributed by atoms with Crippen molar-refractivity contribution >= 4 is 103 Å². The van der Waals surface area contributed by atoms with Gasteiger partial charge in [0.1, 0.15) is 11.2 Å². The van der Waals surface area contributed by atoms with Gasteiger partial charge in [0.05, 0.1) is 0 Å². The largest absolute Gasteiger partial charge is 0.455 e. The van der Waals surface area contributed by atoms with Gasteiger partial charge in [0.25, 0.3) is 0 Å². The van der Waals surface area contributed by atoms with Crippen molar-refractivity contribution in [3.05, 3.63) is 152 Å². The predicted molar refractivity (Wildman–Crippen MR) is 194 cm³/mol. The van der Waals surface area contributed by atoms with Crippen LogP contribution in [0.25, 0.3) is 74.4 Å². The van der Waals surface area contributed by atoms with E-state index in [2.05, 4.69) is 150 Å². The highest BCUT2D eigenvalue weighted by Crippen LogP contribution is 2.45. The molecule has 2 heterocycles. The van der Waals surface area contributed by atoms with Gasteiger partial charge in [-0.15, -0.1) is 11.3 Å². The molecule has 0 N–H and O–H groups in total. The van der Waals surface area contributed by atoms with Crippen molar-refractivity contribution < 1.29 is 4.42 Å². The van der Waals surface area contributed by atoms with Gasteiger partial charge in [0.15, 0.2) is 0 Å². The molecule has 0 saturated carbocycles. The van der Waals surface area contributed by atoms with E-state index in [9.17, 15) is 0 Å². The van der Waals surface area contributed by atoms with Crippen molar-refractivity contribution in [1.82, 2.24) is 0 Å². The van der Waals surface area contributed by atoms with Gasteiger partial charge < -0.3 is 9.32 Å². The Bertz CT molecular complexity index is 2770. The molecular weight excluding hydrogens is 567 g/mol. The predicted octanol–water partition coefficient (Wildman–Crippen LogP) is 12.9. The summed E-state index contributed by atoms with van der Waals surface area (Å²) in [5.41, 5.74) is 5.30. The van der Waals surface area contributed by atoms with Crippen molar-refractivity contribution in [2.24, 2.45) is 0 Å². The van der Waals surface area contributed by atoms with E-state index in [1.165, 1.54) is 52.5 Å². The molecule has 0 fully saturated rings. The Kier molecular flexibility index (Phi) is 5.19. The van der Waals surface area contributed by atoms with Gasteiger partial charge in [-0.05, 0) is 81.5 Å². The molecule has 2 aromatic heterocycles. The molecule has 0 radical (unpaired) electrons. The van der Waals surface area contributed by atoms with Crippen LogP contribution in [0.15, 0.2) is 156 Å². The number of rotatable bonds is 3. The molecule has 0 unspecified atom stereocenters. The highest BCUT2D eigenvalue weighted by atomic mass is 32.1. The van der Waals surface area contributed by atoms with Gasteiger partial charge in [-0.25, -0.2) is 0 Å². The highest BCUT2D eigenvalue weighted by molar-refractivity contribution is 7.25. The second-order valence-electron chi connectivity index (χ2n) is 11.7. The van der Waals surface area contributed by atoms with Gasteiger partial charge in [0, 0.05) is 53.4 Å². The molecular formula is C42H25NOS. The first-order chi connectivity index (χ1) is 22.3. The molecule has 10 aromatic rings. The van der Waals surface area contributed by atoms with Crippen LogP contribution in [0.5, 0.6) is 0 Å². The highest BCUT2D eigenvalue weighted by Gasteiger charge is 2.19. The van der Waals surface area contributed by atoms with E-state index in [0.29, 0.717) is 0 Å². The molecule has 10 rings (SSSR count). The van der Waals surface area contributed by atoms with Crippen molar-refractivity contribution in [3.63, 3.8) is 0 Å². The normalized spacial score (nSPS) is 12.0. The SMILES string of the molecule is c1ccc(N(c2ccc3c(ccc4c3c3ccccc3c3oc5ccccc5c43)c2)c2ccc3sc4ccccc4c3c2)cc1. The quantitative estimate of drug-likeness (QED) is 0.190. The smallest absolute Gasteiger partial charge is 0.143 e. The molecule has 0 atom stereocenters. The zero-order chi connectivity index (χ0) is 29.5. The van der Waals surface area contributed by atoms with Crippen LogP contribution < -0.4 is 4.90 Å². The molecule has 8 aromatic carbocycles. The van der Waals surface area contributed by atoms with Crippen LogP contribution >= 0.6 is 11.3 Å². The van der Waals surface area contributed by atoms with Gasteiger partial charge >= 0.3 is 0 Å². The van der Waals surface area contributed by atoms with Gasteiger partial charge in [-0.3, -0.25) is 0 Å². The second kappa shape index (κ2) is 9.43. The number of benzene rings is 8. The standard InChI is InChI=1S/C42H25NOS/c1-2-10-27(11-3-1)43(29-20-23-39-36(25-29)31-12-7-9-17-38(31)45-39)28-19-22-30-26(24-28)18-21-35-40(30)32-13-4-5-14-33(32)42-41(35)34-15-6-8-16-37(34)44-42/h1-25H. The summed E-state index contributed by atoms with van der Waals surface area (Å²) in [7, 11) is 0. The van der Waals surface area contributed by atoms with Crippen molar-refractivity contribution in [1.29, 1.82) is 0 Å². The Morgan fingerprint density at radius 3 is 1.96 bits per heavy atom. The lowest BCUT2D eigenvalue weighted by Gasteiger charge is -2.26. The summed E-state index contributed by atoms with van der Waals surface area (Å²) in [6.07, 6.45) is 0. The molecule has 2 nitrogen and oxygen atoms in total. The Labute approximate surface area is 263 Å². The maximum Gasteiger partial charge on any atom is 0.143 e. The monoisotopic (exact) mass is 591 g/mol. The molecule has 0 spiro atoms. The Morgan fingerprint density at radius 1 is 0.400 bits per heavy atom. The van der Waals surface area contributed by atoms with Crippen LogP contribution in [0.3, 0.4) is 0 Å². The first kappa shape index (κ1) is 24.8. The van der Waals surface area contributed by atoms with Crippen LogP contribution in [0, 0.1) is 0 Å². The third kappa shape index (κ3) is 3.62. The van der Waals surface area contributed by atoms with E-state index in [-0.39, 0.29) is 0 Å². The summed E-state index contributed by atoms with van der Waals surface area (Å²) in [4.78, 5) is 2.38. The molecule has 0 aliphatic carbocycles. The minimum Gasteiger partial charge on any atom is -0.455 e. The number of hydrogen-bond donors (Lipinski definition) is 0. The zero-order valence-electron chi connectivity index (χ0n) is 24.2. The summed E-state index contributed by atoms with van der Waals surface area (Å²) in [5.74, 6) is 0. The van der Waals surface area contributed by atoms with Gasteiger partial charge in [-0.2, -0.15) is 0 Å². The van der Waals surface area contributed by atoms with Gasteiger partial charge in [-0.1, -0.05) is 97.1 Å². The number of nitrogens with zero attached hydrogens (tertiary/aromatic N) is 1. The maximum atomic E-state index is 6.48. The number of furan rings is 1. The van der Waals surface area contributed by atoms with E-state index in [1.54, 1.807) is 0 Å². The fraction of sp³-hybridized carbons (Fsp3) is 0. The molecule has 3 heteroatoms. The average molecular weight is 592 g/mol. The lowest BCUT2D eigenvalue weighted by molar-refractivity contribution is 0.673. The number of para-hydroxylation sites is 2.